The van der Waals surface area contributed by atoms with Crippen molar-refractivity contribution in [1.82, 2.24) is 5.32 Å². The lowest BCUT2D eigenvalue weighted by Crippen LogP contribution is -2.28. The summed E-state index contributed by atoms with van der Waals surface area (Å²) < 4.78 is 4.89. The van der Waals surface area contributed by atoms with Crippen molar-refractivity contribution in [2.75, 3.05) is 25.6 Å². The Morgan fingerprint density at radius 2 is 2.18 bits per heavy atom. The third kappa shape index (κ3) is 5.01. The number of amidine groups is 1. The molecule has 0 radical (unpaired) electrons. The molecule has 0 saturated carbocycles. The molecule has 0 aromatic heterocycles. The Morgan fingerprint density at radius 3 is 2.86 bits per heavy atom. The van der Waals surface area contributed by atoms with Gasteiger partial charge in [0.25, 0.3) is 0 Å². The molecule has 1 aliphatic heterocycles. The summed E-state index contributed by atoms with van der Waals surface area (Å²) in [5.41, 5.74) is 0.645. The van der Waals surface area contributed by atoms with Gasteiger partial charge in [0.05, 0.1) is 13.2 Å². The maximum absolute atomic E-state index is 12.0. The van der Waals surface area contributed by atoms with Crippen LogP contribution in [0, 0.1) is 0 Å². The van der Waals surface area contributed by atoms with Crippen LogP contribution in [-0.2, 0) is 14.3 Å². The van der Waals surface area contributed by atoms with Crippen molar-refractivity contribution in [2.24, 2.45) is 4.99 Å². The highest BCUT2D eigenvalue weighted by atomic mass is 35.5. The number of aliphatic imine (C=N–C) groups is 1. The number of carbonyl (C=O) groups excluding carboxylic acids is 2. The van der Waals surface area contributed by atoms with Crippen LogP contribution in [0.4, 0.5) is 5.69 Å². The molecule has 2 N–H and O–H groups in total. The molecule has 0 spiro atoms. The van der Waals surface area contributed by atoms with E-state index < -0.39 is 5.25 Å². The van der Waals surface area contributed by atoms with E-state index in [-0.39, 0.29) is 18.2 Å². The highest BCUT2D eigenvalue weighted by molar-refractivity contribution is 8.15. The molecular formula is C14H16ClN3O3S. The number of rotatable bonds is 6. The van der Waals surface area contributed by atoms with Gasteiger partial charge in [-0.1, -0.05) is 23.4 Å². The normalized spacial score (nSPS) is 19.3. The van der Waals surface area contributed by atoms with Crippen molar-refractivity contribution in [1.29, 1.82) is 0 Å². The number of benzene rings is 1. The molecule has 1 saturated heterocycles. The van der Waals surface area contributed by atoms with E-state index >= 15 is 0 Å². The summed E-state index contributed by atoms with van der Waals surface area (Å²) in [4.78, 5) is 28.0. The van der Waals surface area contributed by atoms with Crippen LogP contribution in [0.2, 0.25) is 5.02 Å². The standard InChI is InChI=1S/C14H16ClN3O3S/c1-21-7-6-16-14-18-13(20)11(22-14)8-12(19)17-10-4-2-9(15)3-5-10/h2-5,11H,6-8H2,1H3,(H,17,19)(H,16,18,20). The predicted octanol–water partition coefficient (Wildman–Crippen LogP) is 1.90. The van der Waals surface area contributed by atoms with Gasteiger partial charge in [0.15, 0.2) is 5.17 Å². The van der Waals surface area contributed by atoms with E-state index in [9.17, 15) is 9.59 Å². The highest BCUT2D eigenvalue weighted by Crippen LogP contribution is 2.23. The number of hydrogen-bond donors (Lipinski definition) is 2. The number of hydrogen-bond acceptors (Lipinski definition) is 5. The second kappa shape index (κ2) is 8.17. The Balaban J connectivity index is 1.85. The van der Waals surface area contributed by atoms with Crippen LogP contribution < -0.4 is 10.6 Å². The first-order valence-corrected chi connectivity index (χ1v) is 7.90. The zero-order chi connectivity index (χ0) is 15.9. The molecule has 118 valence electrons. The largest absolute Gasteiger partial charge is 0.383 e. The van der Waals surface area contributed by atoms with Crippen molar-refractivity contribution in [3.05, 3.63) is 29.3 Å². The van der Waals surface area contributed by atoms with Crippen molar-refractivity contribution >= 4 is 46.0 Å². The Labute approximate surface area is 137 Å². The first kappa shape index (κ1) is 16.8. The molecule has 6 nitrogen and oxygen atoms in total. The average molecular weight is 342 g/mol. The van der Waals surface area contributed by atoms with Gasteiger partial charge >= 0.3 is 0 Å². The van der Waals surface area contributed by atoms with E-state index in [1.807, 2.05) is 0 Å². The number of anilines is 1. The van der Waals surface area contributed by atoms with E-state index in [1.165, 1.54) is 11.8 Å². The molecule has 2 rings (SSSR count). The number of thioether (sulfide) groups is 1. The molecule has 1 aliphatic rings. The summed E-state index contributed by atoms with van der Waals surface area (Å²) >= 11 is 7.04. The van der Waals surface area contributed by atoms with E-state index in [1.54, 1.807) is 31.4 Å². The van der Waals surface area contributed by atoms with Crippen LogP contribution in [0.25, 0.3) is 0 Å². The van der Waals surface area contributed by atoms with Crippen LogP contribution in [0.3, 0.4) is 0 Å². The number of methoxy groups -OCH3 is 1. The minimum absolute atomic E-state index is 0.0857. The molecule has 1 fully saturated rings. The summed E-state index contributed by atoms with van der Waals surface area (Å²) in [5, 5.41) is 6.06. The Morgan fingerprint density at radius 1 is 1.45 bits per heavy atom. The van der Waals surface area contributed by atoms with Crippen molar-refractivity contribution in [3.8, 4) is 0 Å². The molecule has 2 amide bonds. The second-order valence-corrected chi connectivity index (χ2v) is 6.16. The molecule has 1 heterocycles. The monoisotopic (exact) mass is 341 g/mol. The van der Waals surface area contributed by atoms with Gasteiger partial charge in [-0.2, -0.15) is 0 Å². The van der Waals surface area contributed by atoms with Crippen molar-refractivity contribution in [3.63, 3.8) is 0 Å². The Bertz CT molecular complexity index is 577. The third-order valence-corrected chi connectivity index (χ3v) is 4.20. The van der Waals surface area contributed by atoms with Crippen LogP contribution in [0.1, 0.15) is 6.42 Å². The molecule has 22 heavy (non-hydrogen) atoms. The Hall–Kier alpha value is -1.57. The average Bonchev–Trinajstić information content (AvgIpc) is 2.82. The zero-order valence-corrected chi connectivity index (χ0v) is 13.5. The van der Waals surface area contributed by atoms with E-state index in [2.05, 4.69) is 15.6 Å². The van der Waals surface area contributed by atoms with Gasteiger partial charge in [-0.05, 0) is 24.3 Å². The van der Waals surface area contributed by atoms with E-state index in [4.69, 9.17) is 16.3 Å². The van der Waals surface area contributed by atoms with Gasteiger partial charge < -0.3 is 15.4 Å². The molecule has 8 heteroatoms. The van der Waals surface area contributed by atoms with Gasteiger partial charge in [0.1, 0.15) is 5.25 Å². The lowest BCUT2D eigenvalue weighted by Gasteiger charge is -2.07. The minimum Gasteiger partial charge on any atom is -0.383 e. The summed E-state index contributed by atoms with van der Waals surface area (Å²) in [6.07, 6.45) is 0.0857. The fraction of sp³-hybridized carbons (Fsp3) is 0.357. The number of ether oxygens (including phenoxy) is 1. The zero-order valence-electron chi connectivity index (χ0n) is 12.0. The van der Waals surface area contributed by atoms with E-state index in [0.29, 0.717) is 29.0 Å². The van der Waals surface area contributed by atoms with Crippen molar-refractivity contribution in [2.45, 2.75) is 11.7 Å². The summed E-state index contributed by atoms with van der Waals surface area (Å²) in [5.74, 6) is -0.430. The lowest BCUT2D eigenvalue weighted by atomic mass is 10.2. The SMILES string of the molecule is COCCN=C1NC(=O)C(CC(=O)Nc2ccc(Cl)cc2)S1. The predicted molar refractivity (Wildman–Crippen MR) is 88.4 cm³/mol. The molecule has 1 unspecified atom stereocenters. The lowest BCUT2D eigenvalue weighted by molar-refractivity contribution is -0.122. The fourth-order valence-electron chi connectivity index (χ4n) is 1.77. The van der Waals surface area contributed by atoms with Gasteiger partial charge in [-0.3, -0.25) is 14.6 Å². The quantitative estimate of drug-likeness (QED) is 0.774. The Kier molecular flexibility index (Phi) is 6.23. The van der Waals surface area contributed by atoms with Gasteiger partial charge in [0, 0.05) is 24.2 Å². The number of amides is 2. The van der Waals surface area contributed by atoms with Crippen LogP contribution >= 0.6 is 23.4 Å². The molecule has 1 aromatic rings. The smallest absolute Gasteiger partial charge is 0.240 e. The van der Waals surface area contributed by atoms with Gasteiger partial charge in [0.2, 0.25) is 11.8 Å². The first-order chi connectivity index (χ1) is 10.6. The van der Waals surface area contributed by atoms with E-state index in [0.717, 1.165) is 0 Å². The number of nitrogens with zero attached hydrogens (tertiary/aromatic N) is 1. The minimum atomic E-state index is -0.464. The third-order valence-electron chi connectivity index (χ3n) is 2.83. The second-order valence-electron chi connectivity index (χ2n) is 4.53. The molecule has 1 aromatic carbocycles. The van der Waals surface area contributed by atoms with Crippen LogP contribution in [0.15, 0.2) is 29.3 Å². The first-order valence-electron chi connectivity index (χ1n) is 6.65. The maximum Gasteiger partial charge on any atom is 0.240 e. The topological polar surface area (TPSA) is 79.8 Å². The van der Waals surface area contributed by atoms with Crippen LogP contribution in [-0.4, -0.2) is 42.5 Å². The fourth-order valence-corrected chi connectivity index (χ4v) is 2.89. The molecule has 0 aliphatic carbocycles. The van der Waals surface area contributed by atoms with Gasteiger partial charge in [-0.25, -0.2) is 0 Å². The number of nitrogens with one attached hydrogen (secondary N) is 2. The van der Waals surface area contributed by atoms with Crippen LogP contribution in [0.5, 0.6) is 0 Å². The summed E-state index contributed by atoms with van der Waals surface area (Å²) in [7, 11) is 1.59. The molecular weight excluding hydrogens is 326 g/mol. The molecule has 1 atom stereocenters. The van der Waals surface area contributed by atoms with Gasteiger partial charge in [-0.15, -0.1) is 0 Å². The summed E-state index contributed by atoms with van der Waals surface area (Å²) in [6, 6.07) is 6.79. The molecule has 0 bridgehead atoms. The number of halogens is 1. The summed E-state index contributed by atoms with van der Waals surface area (Å²) in [6.45, 7) is 0.963. The maximum atomic E-state index is 12.0. The number of carbonyl (C=O) groups is 2. The highest BCUT2D eigenvalue weighted by Gasteiger charge is 2.31. The van der Waals surface area contributed by atoms with Crippen molar-refractivity contribution < 1.29 is 14.3 Å².